The maximum absolute atomic E-state index is 12.2. The van der Waals surface area contributed by atoms with E-state index in [1.807, 2.05) is 13.8 Å². The van der Waals surface area contributed by atoms with Crippen molar-refractivity contribution in [1.29, 1.82) is 0 Å². The molecular weight excluding hydrogens is 280 g/mol. The van der Waals surface area contributed by atoms with Crippen LogP contribution in [-0.4, -0.2) is 28.4 Å². The molecule has 0 spiro atoms. The Labute approximate surface area is 117 Å². The van der Waals surface area contributed by atoms with Crippen LogP contribution in [-0.2, 0) is 23.0 Å². The highest BCUT2D eigenvalue weighted by Crippen LogP contribution is 2.20. The Kier molecular flexibility index (Phi) is 3.98. The summed E-state index contributed by atoms with van der Waals surface area (Å²) < 4.78 is 28.4. The second kappa shape index (κ2) is 5.53. The van der Waals surface area contributed by atoms with Crippen LogP contribution >= 0.6 is 0 Å². The molecule has 0 unspecified atom stereocenters. The van der Waals surface area contributed by atoms with Gasteiger partial charge in [-0.05, 0) is 12.8 Å². The van der Waals surface area contributed by atoms with Crippen molar-refractivity contribution in [1.82, 2.24) is 20.0 Å². The van der Waals surface area contributed by atoms with E-state index < -0.39 is 10.0 Å². The number of anilines is 2. The molecule has 0 fully saturated rings. The van der Waals surface area contributed by atoms with Crippen molar-refractivity contribution in [2.75, 3.05) is 10.5 Å². The van der Waals surface area contributed by atoms with Gasteiger partial charge >= 0.3 is 0 Å². The lowest BCUT2D eigenvalue weighted by atomic mass is 10.3. The first-order valence-electron chi connectivity index (χ1n) is 6.36. The van der Waals surface area contributed by atoms with Gasteiger partial charge in [0.1, 0.15) is 4.90 Å². The van der Waals surface area contributed by atoms with E-state index >= 15 is 0 Å². The number of nitrogens with one attached hydrogen (secondary N) is 2. The van der Waals surface area contributed by atoms with Gasteiger partial charge in [0, 0.05) is 24.5 Å². The monoisotopic (exact) mass is 298 g/mol. The SMILES string of the molecule is CCCn1cc(S(=O)(=O)Nc2cc(CC)[nH]n2)c(N)n1. The average Bonchev–Trinajstić information content (AvgIpc) is 2.96. The first-order chi connectivity index (χ1) is 9.46. The Morgan fingerprint density at radius 2 is 2.20 bits per heavy atom. The second-order valence-corrected chi connectivity index (χ2v) is 6.03. The summed E-state index contributed by atoms with van der Waals surface area (Å²) in [5.41, 5.74) is 6.51. The molecule has 2 rings (SSSR count). The number of nitrogens with zero attached hydrogens (tertiary/aromatic N) is 3. The molecule has 20 heavy (non-hydrogen) atoms. The maximum atomic E-state index is 12.2. The number of nitrogen functional groups attached to an aromatic ring is 1. The largest absolute Gasteiger partial charge is 0.381 e. The van der Waals surface area contributed by atoms with Crippen LogP contribution in [0.5, 0.6) is 0 Å². The van der Waals surface area contributed by atoms with E-state index in [2.05, 4.69) is 20.0 Å². The van der Waals surface area contributed by atoms with Gasteiger partial charge in [0.15, 0.2) is 11.6 Å². The quantitative estimate of drug-likeness (QED) is 0.734. The first-order valence-corrected chi connectivity index (χ1v) is 7.84. The Balaban J connectivity index is 2.25. The Morgan fingerprint density at radius 3 is 2.80 bits per heavy atom. The summed E-state index contributed by atoms with van der Waals surface area (Å²) in [4.78, 5) is -0.0352. The minimum absolute atomic E-state index is 0.0165. The van der Waals surface area contributed by atoms with Crippen molar-refractivity contribution in [2.24, 2.45) is 0 Å². The molecule has 0 aliphatic carbocycles. The predicted molar refractivity (Wildman–Crippen MR) is 75.7 cm³/mol. The molecule has 4 N–H and O–H groups in total. The van der Waals surface area contributed by atoms with Crippen molar-refractivity contribution in [3.8, 4) is 0 Å². The zero-order valence-electron chi connectivity index (χ0n) is 11.4. The topological polar surface area (TPSA) is 119 Å². The van der Waals surface area contributed by atoms with Gasteiger partial charge in [0.05, 0.1) is 0 Å². The molecule has 110 valence electrons. The third-order valence-corrected chi connectivity index (χ3v) is 4.12. The standard InChI is InChI=1S/C11H18N6O2S/c1-3-5-17-7-9(11(12)15-17)20(18,19)16-10-6-8(4-2)13-14-10/h6-7H,3-5H2,1-2H3,(H2,12,15)(H2,13,14,16). The summed E-state index contributed by atoms with van der Waals surface area (Å²) in [6.45, 7) is 4.53. The van der Waals surface area contributed by atoms with E-state index in [-0.39, 0.29) is 16.5 Å². The average molecular weight is 298 g/mol. The van der Waals surface area contributed by atoms with Gasteiger partial charge in [-0.15, -0.1) is 0 Å². The molecule has 0 aliphatic heterocycles. The van der Waals surface area contributed by atoms with Crippen molar-refractivity contribution in [3.05, 3.63) is 18.0 Å². The summed E-state index contributed by atoms with van der Waals surface area (Å²) in [7, 11) is -3.78. The minimum Gasteiger partial charge on any atom is -0.381 e. The number of H-pyrrole nitrogens is 1. The van der Waals surface area contributed by atoms with Crippen molar-refractivity contribution in [2.45, 2.75) is 38.1 Å². The van der Waals surface area contributed by atoms with E-state index in [4.69, 9.17) is 5.73 Å². The van der Waals surface area contributed by atoms with Gasteiger partial charge < -0.3 is 5.73 Å². The number of nitrogens with two attached hydrogens (primary N) is 1. The Bertz CT molecular complexity index is 688. The number of sulfonamides is 1. The highest BCUT2D eigenvalue weighted by molar-refractivity contribution is 7.92. The molecule has 2 aromatic rings. The molecule has 0 bridgehead atoms. The van der Waals surface area contributed by atoms with Crippen molar-refractivity contribution < 1.29 is 8.42 Å². The van der Waals surface area contributed by atoms with E-state index in [9.17, 15) is 8.42 Å². The van der Waals surface area contributed by atoms with Gasteiger partial charge in [-0.25, -0.2) is 8.42 Å². The van der Waals surface area contributed by atoms with Crippen molar-refractivity contribution in [3.63, 3.8) is 0 Å². The van der Waals surface area contributed by atoms with E-state index in [0.29, 0.717) is 6.54 Å². The fraction of sp³-hybridized carbons (Fsp3) is 0.455. The first kappa shape index (κ1) is 14.4. The lowest BCUT2D eigenvalue weighted by molar-refractivity contribution is 0.595. The number of aryl methyl sites for hydroxylation is 2. The van der Waals surface area contributed by atoms with Crippen LogP contribution in [0.1, 0.15) is 26.0 Å². The summed E-state index contributed by atoms with van der Waals surface area (Å²) >= 11 is 0. The molecular formula is C11H18N6O2S. The van der Waals surface area contributed by atoms with Crippen LogP contribution < -0.4 is 10.5 Å². The second-order valence-electron chi connectivity index (χ2n) is 4.38. The molecule has 0 atom stereocenters. The van der Waals surface area contributed by atoms with E-state index in [1.54, 1.807) is 6.07 Å². The van der Waals surface area contributed by atoms with Crippen LogP contribution in [0.3, 0.4) is 0 Å². The fourth-order valence-corrected chi connectivity index (χ4v) is 2.82. The third-order valence-electron chi connectivity index (χ3n) is 2.75. The Morgan fingerprint density at radius 1 is 1.45 bits per heavy atom. The fourth-order valence-electron chi connectivity index (χ4n) is 1.76. The highest BCUT2D eigenvalue weighted by Gasteiger charge is 2.22. The Hall–Kier alpha value is -2.03. The molecule has 0 saturated heterocycles. The normalized spacial score (nSPS) is 11.7. The number of rotatable bonds is 6. The lowest BCUT2D eigenvalue weighted by Gasteiger charge is -2.02. The summed E-state index contributed by atoms with van der Waals surface area (Å²) in [6, 6.07) is 1.64. The van der Waals surface area contributed by atoms with E-state index in [0.717, 1.165) is 18.5 Å². The molecule has 0 saturated carbocycles. The lowest BCUT2D eigenvalue weighted by Crippen LogP contribution is -2.14. The zero-order valence-corrected chi connectivity index (χ0v) is 12.2. The highest BCUT2D eigenvalue weighted by atomic mass is 32.2. The molecule has 0 radical (unpaired) electrons. The van der Waals surface area contributed by atoms with Crippen LogP contribution in [0.2, 0.25) is 0 Å². The van der Waals surface area contributed by atoms with Gasteiger partial charge in [0.25, 0.3) is 10.0 Å². The third kappa shape index (κ3) is 2.93. The molecule has 2 aromatic heterocycles. The number of aromatic nitrogens is 4. The minimum atomic E-state index is -3.78. The molecule has 2 heterocycles. The number of hydrogen-bond acceptors (Lipinski definition) is 5. The maximum Gasteiger partial charge on any atom is 0.268 e. The predicted octanol–water partition coefficient (Wildman–Crippen LogP) is 0.962. The molecule has 9 heteroatoms. The van der Waals surface area contributed by atoms with Crippen LogP contribution in [0, 0.1) is 0 Å². The number of hydrogen-bond donors (Lipinski definition) is 3. The van der Waals surface area contributed by atoms with Gasteiger partial charge in [-0.1, -0.05) is 13.8 Å². The van der Waals surface area contributed by atoms with Gasteiger partial charge in [-0.3, -0.25) is 14.5 Å². The number of aromatic amines is 1. The van der Waals surface area contributed by atoms with Crippen molar-refractivity contribution >= 4 is 21.7 Å². The van der Waals surface area contributed by atoms with Crippen LogP contribution in [0.25, 0.3) is 0 Å². The zero-order chi connectivity index (χ0) is 14.8. The molecule has 0 aliphatic rings. The molecule has 0 aromatic carbocycles. The molecule has 0 amide bonds. The smallest absolute Gasteiger partial charge is 0.268 e. The molecule has 8 nitrogen and oxygen atoms in total. The summed E-state index contributed by atoms with van der Waals surface area (Å²) in [5, 5.41) is 10.6. The van der Waals surface area contributed by atoms with E-state index in [1.165, 1.54) is 10.9 Å². The summed E-state index contributed by atoms with van der Waals surface area (Å²) in [5.74, 6) is 0.224. The summed E-state index contributed by atoms with van der Waals surface area (Å²) in [6.07, 6.45) is 3.01. The van der Waals surface area contributed by atoms with Crippen LogP contribution in [0.15, 0.2) is 17.2 Å². The van der Waals surface area contributed by atoms with Gasteiger partial charge in [0.2, 0.25) is 0 Å². The van der Waals surface area contributed by atoms with Gasteiger partial charge in [-0.2, -0.15) is 10.2 Å². The van der Waals surface area contributed by atoms with Crippen LogP contribution in [0.4, 0.5) is 11.6 Å².